The van der Waals surface area contributed by atoms with Gasteiger partial charge in [-0.2, -0.15) is 0 Å². The molecule has 0 bridgehead atoms. The summed E-state index contributed by atoms with van der Waals surface area (Å²) in [7, 11) is 0. The first kappa shape index (κ1) is 16.3. The number of hydrogen-bond donors (Lipinski definition) is 2. The number of amides is 2. The molecule has 22 heavy (non-hydrogen) atoms. The third-order valence-corrected chi connectivity index (χ3v) is 3.60. The lowest BCUT2D eigenvalue weighted by atomic mass is 10.1. The highest BCUT2D eigenvalue weighted by Gasteiger charge is 2.04. The molecule has 0 spiro atoms. The molecule has 2 rings (SSSR count). The lowest BCUT2D eigenvalue weighted by Gasteiger charge is -2.10. The van der Waals surface area contributed by atoms with Crippen molar-refractivity contribution >= 4 is 23.1 Å². The Balaban J connectivity index is 1.81. The van der Waals surface area contributed by atoms with Crippen molar-refractivity contribution < 1.29 is 9.53 Å². The summed E-state index contributed by atoms with van der Waals surface area (Å²) < 4.78 is 5.66. The fourth-order valence-electron chi connectivity index (χ4n) is 1.78. The molecule has 1 heterocycles. The van der Waals surface area contributed by atoms with Crippen LogP contribution in [-0.2, 0) is 6.61 Å². The van der Waals surface area contributed by atoms with Gasteiger partial charge in [-0.05, 0) is 24.5 Å². The van der Waals surface area contributed by atoms with Crippen LogP contribution in [0.1, 0.15) is 26.0 Å². The minimum absolute atomic E-state index is 0.197. The standard InChI is InChI=1S/C16H21N3O2S/c1-12(2)6-7-17-16(20)19-13-4-3-5-15(8-13)21-9-14-10-22-11-18-14/h3-5,8,10-12H,6-7,9H2,1-2H3,(H2,17,19,20). The zero-order valence-electron chi connectivity index (χ0n) is 12.8. The molecule has 0 aliphatic heterocycles. The molecule has 0 atom stereocenters. The molecule has 0 radical (unpaired) electrons. The molecule has 1 aromatic heterocycles. The van der Waals surface area contributed by atoms with Crippen molar-refractivity contribution in [2.24, 2.45) is 5.92 Å². The maximum atomic E-state index is 11.8. The highest BCUT2D eigenvalue weighted by atomic mass is 32.1. The van der Waals surface area contributed by atoms with E-state index in [1.165, 1.54) is 11.3 Å². The molecule has 0 saturated carbocycles. The van der Waals surface area contributed by atoms with Crippen LogP contribution in [0.3, 0.4) is 0 Å². The Morgan fingerprint density at radius 2 is 2.27 bits per heavy atom. The van der Waals surface area contributed by atoms with E-state index < -0.39 is 0 Å². The average Bonchev–Trinajstić information content (AvgIpc) is 2.98. The van der Waals surface area contributed by atoms with Crippen molar-refractivity contribution in [1.29, 1.82) is 0 Å². The van der Waals surface area contributed by atoms with Crippen LogP contribution in [0, 0.1) is 5.92 Å². The Morgan fingerprint density at radius 1 is 1.41 bits per heavy atom. The number of hydrogen-bond acceptors (Lipinski definition) is 4. The van der Waals surface area contributed by atoms with Gasteiger partial charge in [-0.1, -0.05) is 19.9 Å². The number of carbonyl (C=O) groups excluding carboxylic acids is 1. The van der Waals surface area contributed by atoms with E-state index in [0.717, 1.165) is 12.1 Å². The molecule has 1 aromatic carbocycles. The van der Waals surface area contributed by atoms with Gasteiger partial charge in [-0.25, -0.2) is 9.78 Å². The van der Waals surface area contributed by atoms with Crippen LogP contribution in [-0.4, -0.2) is 17.6 Å². The SMILES string of the molecule is CC(C)CCNC(=O)Nc1cccc(OCc2cscn2)c1. The smallest absolute Gasteiger partial charge is 0.319 e. The van der Waals surface area contributed by atoms with Gasteiger partial charge in [0, 0.05) is 23.7 Å². The normalized spacial score (nSPS) is 10.5. The van der Waals surface area contributed by atoms with Crippen molar-refractivity contribution in [3.63, 3.8) is 0 Å². The molecule has 118 valence electrons. The third kappa shape index (κ3) is 5.73. The second kappa shape index (κ2) is 8.38. The highest BCUT2D eigenvalue weighted by molar-refractivity contribution is 7.07. The monoisotopic (exact) mass is 319 g/mol. The Kier molecular flexibility index (Phi) is 6.21. The first-order chi connectivity index (χ1) is 10.6. The van der Waals surface area contributed by atoms with Crippen LogP contribution < -0.4 is 15.4 Å². The fourth-order valence-corrected chi connectivity index (χ4v) is 2.32. The van der Waals surface area contributed by atoms with E-state index in [9.17, 15) is 4.79 Å². The van der Waals surface area contributed by atoms with Crippen LogP contribution in [0.25, 0.3) is 0 Å². The van der Waals surface area contributed by atoms with Crippen LogP contribution in [0.4, 0.5) is 10.5 Å². The summed E-state index contributed by atoms with van der Waals surface area (Å²) in [6, 6.07) is 7.14. The van der Waals surface area contributed by atoms with Gasteiger partial charge >= 0.3 is 6.03 Å². The summed E-state index contributed by atoms with van der Waals surface area (Å²) in [6.45, 7) is 5.35. The molecule has 5 nitrogen and oxygen atoms in total. The number of rotatable bonds is 7. The van der Waals surface area contributed by atoms with Gasteiger partial charge in [-0.3, -0.25) is 0 Å². The van der Waals surface area contributed by atoms with Gasteiger partial charge in [0.1, 0.15) is 12.4 Å². The van der Waals surface area contributed by atoms with Gasteiger partial charge < -0.3 is 15.4 Å². The summed E-state index contributed by atoms with van der Waals surface area (Å²) >= 11 is 1.54. The summed E-state index contributed by atoms with van der Waals surface area (Å²) in [5.74, 6) is 1.27. The number of benzene rings is 1. The van der Waals surface area contributed by atoms with Gasteiger partial charge in [0.15, 0.2) is 0 Å². The summed E-state index contributed by atoms with van der Waals surface area (Å²) in [6.07, 6.45) is 0.963. The lowest BCUT2D eigenvalue weighted by Crippen LogP contribution is -2.30. The number of aromatic nitrogens is 1. The number of ether oxygens (including phenoxy) is 1. The maximum Gasteiger partial charge on any atom is 0.319 e. The molecular weight excluding hydrogens is 298 g/mol. The number of nitrogens with one attached hydrogen (secondary N) is 2. The Hall–Kier alpha value is -2.08. The second-order valence-corrected chi connectivity index (χ2v) is 6.08. The zero-order valence-corrected chi connectivity index (χ0v) is 13.7. The number of carbonyl (C=O) groups is 1. The Bertz CT molecular complexity index is 585. The second-order valence-electron chi connectivity index (χ2n) is 5.36. The summed E-state index contributed by atoms with van der Waals surface area (Å²) in [5, 5.41) is 7.59. The molecule has 0 unspecified atom stereocenters. The van der Waals surface area contributed by atoms with Gasteiger partial charge in [-0.15, -0.1) is 11.3 Å². The number of thiazole rings is 1. The van der Waals surface area contributed by atoms with E-state index >= 15 is 0 Å². The predicted octanol–water partition coefficient (Wildman–Crippen LogP) is 3.89. The fraction of sp³-hybridized carbons (Fsp3) is 0.375. The molecule has 0 saturated heterocycles. The molecule has 0 aliphatic rings. The molecule has 2 aromatic rings. The van der Waals surface area contributed by atoms with Gasteiger partial charge in [0.05, 0.1) is 11.2 Å². The quantitative estimate of drug-likeness (QED) is 0.814. The first-order valence-corrected chi connectivity index (χ1v) is 8.22. The van der Waals surface area contributed by atoms with E-state index in [2.05, 4.69) is 29.5 Å². The minimum Gasteiger partial charge on any atom is -0.487 e. The van der Waals surface area contributed by atoms with Gasteiger partial charge in [0.2, 0.25) is 0 Å². The minimum atomic E-state index is -0.197. The van der Waals surface area contributed by atoms with Crippen LogP contribution in [0.2, 0.25) is 0 Å². The molecule has 0 aliphatic carbocycles. The summed E-state index contributed by atoms with van der Waals surface area (Å²) in [5.41, 5.74) is 3.38. The van der Waals surface area contributed by atoms with Crippen molar-refractivity contribution in [1.82, 2.24) is 10.3 Å². The molecule has 6 heteroatoms. The largest absolute Gasteiger partial charge is 0.487 e. The van der Waals surface area contributed by atoms with Crippen LogP contribution in [0.5, 0.6) is 5.75 Å². The van der Waals surface area contributed by atoms with E-state index in [-0.39, 0.29) is 6.03 Å². The molecule has 2 amide bonds. The van der Waals surface area contributed by atoms with Crippen LogP contribution in [0.15, 0.2) is 35.2 Å². The number of urea groups is 1. The van der Waals surface area contributed by atoms with E-state index in [0.29, 0.717) is 30.5 Å². The first-order valence-electron chi connectivity index (χ1n) is 7.28. The lowest BCUT2D eigenvalue weighted by molar-refractivity contribution is 0.251. The third-order valence-electron chi connectivity index (χ3n) is 2.97. The number of anilines is 1. The van der Waals surface area contributed by atoms with E-state index in [1.807, 2.05) is 23.6 Å². The van der Waals surface area contributed by atoms with Crippen molar-refractivity contribution in [2.75, 3.05) is 11.9 Å². The Morgan fingerprint density at radius 3 is 3.00 bits per heavy atom. The van der Waals surface area contributed by atoms with E-state index in [1.54, 1.807) is 11.6 Å². The number of nitrogens with zero attached hydrogens (tertiary/aromatic N) is 1. The van der Waals surface area contributed by atoms with Crippen molar-refractivity contribution in [2.45, 2.75) is 26.9 Å². The summed E-state index contributed by atoms with van der Waals surface area (Å²) in [4.78, 5) is 15.9. The molecular formula is C16H21N3O2S. The van der Waals surface area contributed by atoms with Crippen molar-refractivity contribution in [3.05, 3.63) is 40.8 Å². The van der Waals surface area contributed by atoms with Gasteiger partial charge in [0.25, 0.3) is 0 Å². The van der Waals surface area contributed by atoms with Crippen molar-refractivity contribution in [3.8, 4) is 5.75 Å². The topological polar surface area (TPSA) is 63.2 Å². The average molecular weight is 319 g/mol. The van der Waals surface area contributed by atoms with Crippen LogP contribution >= 0.6 is 11.3 Å². The molecule has 0 fully saturated rings. The predicted molar refractivity (Wildman–Crippen MR) is 89.4 cm³/mol. The molecule has 2 N–H and O–H groups in total. The van der Waals surface area contributed by atoms with E-state index in [4.69, 9.17) is 4.74 Å². The highest BCUT2D eigenvalue weighted by Crippen LogP contribution is 2.18. The maximum absolute atomic E-state index is 11.8. The zero-order chi connectivity index (χ0) is 15.8. The Labute approximate surface area is 134 Å².